The fourth-order valence-electron chi connectivity index (χ4n) is 1.62. The van der Waals surface area contributed by atoms with E-state index in [1.165, 1.54) is 18.5 Å². The molecular weight excluding hydrogens is 152 g/mol. The summed E-state index contributed by atoms with van der Waals surface area (Å²) >= 11 is 0. The molecule has 66 valence electrons. The molecule has 0 aromatic carbocycles. The molecule has 0 aliphatic carbocycles. The van der Waals surface area contributed by atoms with E-state index in [0.717, 1.165) is 13.2 Å². The van der Waals surface area contributed by atoms with Crippen molar-refractivity contribution in [3.8, 4) is 0 Å². The summed E-state index contributed by atoms with van der Waals surface area (Å²) in [4.78, 5) is 0. The van der Waals surface area contributed by atoms with Crippen LogP contribution in [0.15, 0.2) is 12.3 Å². The molecule has 1 aromatic heterocycles. The lowest BCUT2D eigenvalue weighted by molar-refractivity contribution is 0.0791. The molecule has 12 heavy (non-hydrogen) atoms. The van der Waals surface area contributed by atoms with Gasteiger partial charge in [-0.05, 0) is 18.9 Å². The first-order chi connectivity index (χ1) is 5.86. The first-order valence-corrected chi connectivity index (χ1v) is 4.43. The van der Waals surface area contributed by atoms with Crippen molar-refractivity contribution >= 4 is 0 Å². The van der Waals surface area contributed by atoms with Crippen LogP contribution in [-0.2, 0) is 11.8 Å². The Balaban J connectivity index is 2.08. The summed E-state index contributed by atoms with van der Waals surface area (Å²) in [7, 11) is 1.95. The van der Waals surface area contributed by atoms with Crippen molar-refractivity contribution in [2.24, 2.45) is 7.05 Å². The van der Waals surface area contributed by atoms with E-state index in [1.807, 2.05) is 17.9 Å². The molecule has 0 bridgehead atoms. The number of ether oxygens (including phenoxy) is 1. The number of hydrogen-bond acceptors (Lipinski definition) is 2. The standard InChI is InChI=1S/C9H14N2O/c1-11-5-4-9(10-11)8-3-2-6-12-7-8/h4-5,8H,2-3,6-7H2,1H3. The second kappa shape index (κ2) is 3.27. The minimum absolute atomic E-state index is 0.528. The van der Waals surface area contributed by atoms with Crippen LogP contribution in [0.5, 0.6) is 0 Å². The first kappa shape index (κ1) is 7.80. The highest BCUT2D eigenvalue weighted by atomic mass is 16.5. The first-order valence-electron chi connectivity index (χ1n) is 4.43. The van der Waals surface area contributed by atoms with E-state index in [0.29, 0.717) is 5.92 Å². The van der Waals surface area contributed by atoms with E-state index in [-0.39, 0.29) is 0 Å². The summed E-state index contributed by atoms with van der Waals surface area (Å²) in [6, 6.07) is 2.08. The van der Waals surface area contributed by atoms with Crippen LogP contribution < -0.4 is 0 Å². The average Bonchev–Trinajstić information content (AvgIpc) is 2.54. The quantitative estimate of drug-likeness (QED) is 0.629. The summed E-state index contributed by atoms with van der Waals surface area (Å²) in [5.74, 6) is 0.528. The summed E-state index contributed by atoms with van der Waals surface area (Å²) in [5.41, 5.74) is 1.18. The number of aryl methyl sites for hydroxylation is 1. The normalized spacial score (nSPS) is 24.2. The number of hydrogen-bond donors (Lipinski definition) is 0. The van der Waals surface area contributed by atoms with Crippen molar-refractivity contribution in [3.05, 3.63) is 18.0 Å². The lowest BCUT2D eigenvalue weighted by atomic mass is 9.99. The van der Waals surface area contributed by atoms with Crippen LogP contribution in [0, 0.1) is 0 Å². The summed E-state index contributed by atoms with van der Waals surface area (Å²) in [6.07, 6.45) is 4.38. The maximum absolute atomic E-state index is 5.40. The second-order valence-corrected chi connectivity index (χ2v) is 3.33. The molecule has 0 N–H and O–H groups in total. The van der Waals surface area contributed by atoms with Crippen molar-refractivity contribution in [1.82, 2.24) is 9.78 Å². The van der Waals surface area contributed by atoms with Gasteiger partial charge in [0.2, 0.25) is 0 Å². The average molecular weight is 166 g/mol. The third-order valence-electron chi connectivity index (χ3n) is 2.31. The third-order valence-corrected chi connectivity index (χ3v) is 2.31. The molecule has 1 aromatic rings. The van der Waals surface area contributed by atoms with Crippen LogP contribution >= 0.6 is 0 Å². The highest BCUT2D eigenvalue weighted by molar-refractivity contribution is 5.06. The molecule has 2 heterocycles. The van der Waals surface area contributed by atoms with Crippen LogP contribution in [0.3, 0.4) is 0 Å². The molecule has 2 rings (SSSR count). The van der Waals surface area contributed by atoms with Gasteiger partial charge in [-0.15, -0.1) is 0 Å². The van der Waals surface area contributed by atoms with Crippen LogP contribution in [-0.4, -0.2) is 23.0 Å². The summed E-state index contributed by atoms with van der Waals surface area (Å²) in [6.45, 7) is 1.76. The van der Waals surface area contributed by atoms with E-state index >= 15 is 0 Å². The van der Waals surface area contributed by atoms with Crippen LogP contribution in [0.1, 0.15) is 24.5 Å². The van der Waals surface area contributed by atoms with E-state index in [9.17, 15) is 0 Å². The van der Waals surface area contributed by atoms with Crippen LogP contribution in [0.25, 0.3) is 0 Å². The van der Waals surface area contributed by atoms with Gasteiger partial charge in [0.1, 0.15) is 0 Å². The number of nitrogens with zero attached hydrogens (tertiary/aromatic N) is 2. The SMILES string of the molecule is Cn1ccc(C2CCCOC2)n1. The Labute approximate surface area is 72.3 Å². The zero-order valence-corrected chi connectivity index (χ0v) is 7.36. The lowest BCUT2D eigenvalue weighted by Crippen LogP contribution is -2.16. The Morgan fingerprint density at radius 2 is 2.58 bits per heavy atom. The van der Waals surface area contributed by atoms with Gasteiger partial charge in [-0.25, -0.2) is 0 Å². The van der Waals surface area contributed by atoms with Gasteiger partial charge in [-0.3, -0.25) is 4.68 Å². The zero-order valence-electron chi connectivity index (χ0n) is 7.36. The molecule has 0 spiro atoms. The molecule has 1 fully saturated rings. The van der Waals surface area contributed by atoms with Crippen LogP contribution in [0.2, 0.25) is 0 Å². The smallest absolute Gasteiger partial charge is 0.0678 e. The van der Waals surface area contributed by atoms with Gasteiger partial charge in [0.15, 0.2) is 0 Å². The minimum Gasteiger partial charge on any atom is -0.381 e. The van der Waals surface area contributed by atoms with Crippen molar-refractivity contribution < 1.29 is 4.74 Å². The molecule has 1 unspecified atom stereocenters. The molecule has 3 heteroatoms. The van der Waals surface area contributed by atoms with Gasteiger partial charge >= 0.3 is 0 Å². The lowest BCUT2D eigenvalue weighted by Gasteiger charge is -2.19. The highest BCUT2D eigenvalue weighted by Gasteiger charge is 2.17. The monoisotopic (exact) mass is 166 g/mol. The molecule has 0 amide bonds. The van der Waals surface area contributed by atoms with Crippen molar-refractivity contribution in [1.29, 1.82) is 0 Å². The van der Waals surface area contributed by atoms with Gasteiger partial charge in [0.05, 0.1) is 12.3 Å². The van der Waals surface area contributed by atoms with E-state index < -0.39 is 0 Å². The van der Waals surface area contributed by atoms with E-state index in [2.05, 4.69) is 11.2 Å². The van der Waals surface area contributed by atoms with Gasteiger partial charge in [-0.1, -0.05) is 0 Å². The Morgan fingerprint density at radius 3 is 3.17 bits per heavy atom. The molecule has 1 saturated heterocycles. The highest BCUT2D eigenvalue weighted by Crippen LogP contribution is 2.23. The predicted molar refractivity (Wildman–Crippen MR) is 46.0 cm³/mol. The summed E-state index contributed by atoms with van der Waals surface area (Å²) < 4.78 is 7.25. The van der Waals surface area contributed by atoms with E-state index in [4.69, 9.17) is 4.74 Å². The molecule has 1 atom stereocenters. The van der Waals surface area contributed by atoms with Crippen molar-refractivity contribution in [2.75, 3.05) is 13.2 Å². The predicted octanol–water partition coefficient (Wildman–Crippen LogP) is 1.31. The maximum Gasteiger partial charge on any atom is 0.0678 e. The minimum atomic E-state index is 0.528. The molecule has 0 radical (unpaired) electrons. The van der Waals surface area contributed by atoms with E-state index in [1.54, 1.807) is 0 Å². The molecule has 0 saturated carbocycles. The topological polar surface area (TPSA) is 27.1 Å². The zero-order chi connectivity index (χ0) is 8.39. The second-order valence-electron chi connectivity index (χ2n) is 3.33. The third kappa shape index (κ3) is 1.50. The molecule has 1 aliphatic heterocycles. The Morgan fingerprint density at radius 1 is 1.67 bits per heavy atom. The van der Waals surface area contributed by atoms with Crippen molar-refractivity contribution in [3.63, 3.8) is 0 Å². The molecular formula is C9H14N2O. The Hall–Kier alpha value is -0.830. The Kier molecular flexibility index (Phi) is 2.13. The molecule has 1 aliphatic rings. The van der Waals surface area contributed by atoms with Gasteiger partial charge < -0.3 is 4.74 Å². The van der Waals surface area contributed by atoms with Gasteiger partial charge in [-0.2, -0.15) is 5.10 Å². The maximum atomic E-state index is 5.40. The van der Waals surface area contributed by atoms with Gasteiger partial charge in [0.25, 0.3) is 0 Å². The fraction of sp³-hybridized carbons (Fsp3) is 0.667. The number of rotatable bonds is 1. The number of aromatic nitrogens is 2. The molecule has 3 nitrogen and oxygen atoms in total. The summed E-state index contributed by atoms with van der Waals surface area (Å²) in [5, 5.41) is 4.37. The largest absolute Gasteiger partial charge is 0.381 e. The van der Waals surface area contributed by atoms with Crippen molar-refractivity contribution in [2.45, 2.75) is 18.8 Å². The fourth-order valence-corrected chi connectivity index (χ4v) is 1.62. The van der Waals surface area contributed by atoms with Gasteiger partial charge in [0, 0.05) is 25.8 Å². The van der Waals surface area contributed by atoms with Crippen LogP contribution in [0.4, 0.5) is 0 Å². The Bertz CT molecular complexity index is 251.